The molecule has 1 aromatic carbocycles. The van der Waals surface area contributed by atoms with Crippen LogP contribution in [0.2, 0.25) is 5.02 Å². The van der Waals surface area contributed by atoms with Gasteiger partial charge in [0.05, 0.1) is 7.11 Å². The van der Waals surface area contributed by atoms with E-state index in [1.165, 1.54) is 0 Å². The largest absolute Gasteiger partial charge is 0.496 e. The number of pyridine rings is 1. The van der Waals surface area contributed by atoms with Gasteiger partial charge in [0, 0.05) is 28.5 Å². The standard InChI is InChI=1S/C14H14ClNO2/c1-9-5-10(8-16-7-9)14(17)12-6-11(15)3-4-13(12)18-2/h3-8,14,17H,1-2H3. The third-order valence-corrected chi connectivity index (χ3v) is 2.93. The molecule has 0 aliphatic rings. The molecule has 0 spiro atoms. The van der Waals surface area contributed by atoms with Gasteiger partial charge in [-0.1, -0.05) is 17.7 Å². The molecule has 1 aromatic heterocycles. The summed E-state index contributed by atoms with van der Waals surface area (Å²) in [5.41, 5.74) is 2.35. The molecule has 94 valence electrons. The molecular weight excluding hydrogens is 250 g/mol. The van der Waals surface area contributed by atoms with Crippen LogP contribution < -0.4 is 4.74 Å². The third kappa shape index (κ3) is 2.63. The first-order valence-corrected chi connectivity index (χ1v) is 5.92. The molecule has 1 unspecified atom stereocenters. The third-order valence-electron chi connectivity index (χ3n) is 2.70. The first kappa shape index (κ1) is 12.9. The second-order valence-corrected chi connectivity index (χ2v) is 4.52. The van der Waals surface area contributed by atoms with E-state index in [2.05, 4.69) is 4.98 Å². The fraction of sp³-hybridized carbons (Fsp3) is 0.214. The number of methoxy groups -OCH3 is 1. The van der Waals surface area contributed by atoms with E-state index in [4.69, 9.17) is 16.3 Å². The number of halogens is 1. The molecule has 0 saturated heterocycles. The van der Waals surface area contributed by atoms with Gasteiger partial charge in [0.2, 0.25) is 0 Å². The van der Waals surface area contributed by atoms with Crippen LogP contribution in [-0.2, 0) is 0 Å². The summed E-state index contributed by atoms with van der Waals surface area (Å²) < 4.78 is 5.23. The molecule has 0 aliphatic carbocycles. The van der Waals surface area contributed by atoms with Crippen molar-refractivity contribution >= 4 is 11.6 Å². The molecule has 1 N–H and O–H groups in total. The Morgan fingerprint density at radius 1 is 1.28 bits per heavy atom. The Balaban J connectivity index is 2.44. The molecule has 18 heavy (non-hydrogen) atoms. The second kappa shape index (κ2) is 5.38. The van der Waals surface area contributed by atoms with Crippen molar-refractivity contribution in [3.8, 4) is 5.75 Å². The molecule has 0 radical (unpaired) electrons. The summed E-state index contributed by atoms with van der Waals surface area (Å²) in [6.45, 7) is 1.93. The number of hydrogen-bond donors (Lipinski definition) is 1. The highest BCUT2D eigenvalue weighted by molar-refractivity contribution is 6.30. The van der Waals surface area contributed by atoms with Crippen molar-refractivity contribution in [2.75, 3.05) is 7.11 Å². The smallest absolute Gasteiger partial charge is 0.125 e. The maximum Gasteiger partial charge on any atom is 0.125 e. The zero-order chi connectivity index (χ0) is 13.1. The molecule has 0 saturated carbocycles. The second-order valence-electron chi connectivity index (χ2n) is 4.08. The van der Waals surface area contributed by atoms with Crippen LogP contribution >= 0.6 is 11.6 Å². The summed E-state index contributed by atoms with van der Waals surface area (Å²) in [6, 6.07) is 7.06. The van der Waals surface area contributed by atoms with Crippen LogP contribution in [-0.4, -0.2) is 17.2 Å². The predicted octanol–water partition coefficient (Wildman–Crippen LogP) is 3.13. The molecule has 1 heterocycles. The molecule has 0 bridgehead atoms. The summed E-state index contributed by atoms with van der Waals surface area (Å²) in [5.74, 6) is 0.605. The van der Waals surface area contributed by atoms with Gasteiger partial charge in [0.1, 0.15) is 11.9 Å². The molecule has 0 aliphatic heterocycles. The normalized spacial score (nSPS) is 12.2. The lowest BCUT2D eigenvalue weighted by atomic mass is 10.0. The number of aryl methyl sites for hydroxylation is 1. The summed E-state index contributed by atoms with van der Waals surface area (Å²) in [6.07, 6.45) is 2.58. The highest BCUT2D eigenvalue weighted by Crippen LogP contribution is 2.32. The lowest BCUT2D eigenvalue weighted by Gasteiger charge is -2.15. The van der Waals surface area contributed by atoms with E-state index in [-0.39, 0.29) is 0 Å². The molecule has 2 rings (SSSR count). The lowest BCUT2D eigenvalue weighted by molar-refractivity contribution is 0.214. The van der Waals surface area contributed by atoms with E-state index in [1.807, 2.05) is 13.0 Å². The minimum Gasteiger partial charge on any atom is -0.496 e. The monoisotopic (exact) mass is 263 g/mol. The fourth-order valence-corrected chi connectivity index (χ4v) is 2.01. The van der Waals surface area contributed by atoms with Crippen molar-refractivity contribution < 1.29 is 9.84 Å². The topological polar surface area (TPSA) is 42.4 Å². The van der Waals surface area contributed by atoms with Crippen LogP contribution in [0, 0.1) is 6.92 Å². The Labute approximate surface area is 111 Å². The minimum absolute atomic E-state index is 0.561. The Bertz CT molecular complexity index is 557. The van der Waals surface area contributed by atoms with Gasteiger partial charge in [0.25, 0.3) is 0 Å². The zero-order valence-electron chi connectivity index (χ0n) is 10.2. The molecule has 2 aromatic rings. The summed E-state index contributed by atoms with van der Waals surface area (Å²) >= 11 is 5.95. The quantitative estimate of drug-likeness (QED) is 0.925. The average Bonchev–Trinajstić information content (AvgIpc) is 2.38. The van der Waals surface area contributed by atoms with E-state index in [0.29, 0.717) is 16.3 Å². The Kier molecular flexibility index (Phi) is 3.84. The van der Waals surface area contributed by atoms with E-state index in [0.717, 1.165) is 11.1 Å². The van der Waals surface area contributed by atoms with Crippen molar-refractivity contribution in [3.63, 3.8) is 0 Å². The number of rotatable bonds is 3. The zero-order valence-corrected chi connectivity index (χ0v) is 11.0. The number of hydrogen-bond acceptors (Lipinski definition) is 3. The average molecular weight is 264 g/mol. The highest BCUT2D eigenvalue weighted by Gasteiger charge is 2.16. The van der Waals surface area contributed by atoms with E-state index >= 15 is 0 Å². The van der Waals surface area contributed by atoms with Gasteiger partial charge in [-0.15, -0.1) is 0 Å². The molecule has 0 amide bonds. The van der Waals surface area contributed by atoms with Crippen molar-refractivity contribution in [3.05, 3.63) is 58.4 Å². The van der Waals surface area contributed by atoms with Gasteiger partial charge in [-0.3, -0.25) is 4.98 Å². The number of aliphatic hydroxyl groups excluding tert-OH is 1. The molecule has 4 heteroatoms. The number of aliphatic hydroxyl groups is 1. The molecular formula is C14H14ClNO2. The van der Waals surface area contributed by atoms with Gasteiger partial charge in [-0.25, -0.2) is 0 Å². The van der Waals surface area contributed by atoms with Crippen LogP contribution in [0.4, 0.5) is 0 Å². The fourth-order valence-electron chi connectivity index (χ4n) is 1.83. The molecule has 3 nitrogen and oxygen atoms in total. The van der Waals surface area contributed by atoms with Crippen molar-refractivity contribution in [1.82, 2.24) is 4.98 Å². The first-order valence-electron chi connectivity index (χ1n) is 5.55. The van der Waals surface area contributed by atoms with Gasteiger partial charge in [-0.2, -0.15) is 0 Å². The van der Waals surface area contributed by atoms with Gasteiger partial charge in [0.15, 0.2) is 0 Å². The first-order chi connectivity index (χ1) is 8.61. The number of ether oxygens (including phenoxy) is 1. The van der Waals surface area contributed by atoms with Gasteiger partial charge in [-0.05, 0) is 30.7 Å². The van der Waals surface area contributed by atoms with Crippen LogP contribution in [0.1, 0.15) is 22.8 Å². The number of aromatic nitrogens is 1. The van der Waals surface area contributed by atoms with E-state index in [9.17, 15) is 5.11 Å². The van der Waals surface area contributed by atoms with Crippen LogP contribution in [0.3, 0.4) is 0 Å². The highest BCUT2D eigenvalue weighted by atomic mass is 35.5. The maximum atomic E-state index is 10.4. The number of benzene rings is 1. The van der Waals surface area contributed by atoms with Crippen LogP contribution in [0.15, 0.2) is 36.7 Å². The Hall–Kier alpha value is -1.58. The van der Waals surface area contributed by atoms with Crippen molar-refractivity contribution in [2.45, 2.75) is 13.0 Å². The molecule has 0 fully saturated rings. The minimum atomic E-state index is -0.800. The Morgan fingerprint density at radius 3 is 2.72 bits per heavy atom. The summed E-state index contributed by atoms with van der Waals surface area (Å²) in [5, 5.41) is 10.9. The van der Waals surface area contributed by atoms with E-state index in [1.54, 1.807) is 37.7 Å². The van der Waals surface area contributed by atoms with Crippen LogP contribution in [0.25, 0.3) is 0 Å². The van der Waals surface area contributed by atoms with Gasteiger partial charge >= 0.3 is 0 Å². The number of nitrogens with zero attached hydrogens (tertiary/aromatic N) is 1. The van der Waals surface area contributed by atoms with Gasteiger partial charge < -0.3 is 9.84 Å². The molecule has 1 atom stereocenters. The summed E-state index contributed by atoms with van der Waals surface area (Å²) in [4.78, 5) is 4.07. The summed E-state index contributed by atoms with van der Waals surface area (Å²) in [7, 11) is 1.56. The van der Waals surface area contributed by atoms with Crippen LogP contribution in [0.5, 0.6) is 5.75 Å². The Morgan fingerprint density at radius 2 is 2.06 bits per heavy atom. The van der Waals surface area contributed by atoms with Crippen molar-refractivity contribution in [1.29, 1.82) is 0 Å². The lowest BCUT2D eigenvalue weighted by Crippen LogP contribution is -2.03. The van der Waals surface area contributed by atoms with Crippen molar-refractivity contribution in [2.24, 2.45) is 0 Å². The maximum absolute atomic E-state index is 10.4. The predicted molar refractivity (Wildman–Crippen MR) is 71.0 cm³/mol. The van der Waals surface area contributed by atoms with E-state index < -0.39 is 6.10 Å². The SMILES string of the molecule is COc1ccc(Cl)cc1C(O)c1cncc(C)c1.